The molecule has 5 nitrogen and oxygen atoms in total. The van der Waals surface area contributed by atoms with E-state index in [1.54, 1.807) is 0 Å². The maximum Gasteiger partial charge on any atom is 0.407 e. The van der Waals surface area contributed by atoms with Gasteiger partial charge in [0, 0.05) is 18.9 Å². The monoisotopic (exact) mass is 299 g/mol. The van der Waals surface area contributed by atoms with E-state index < -0.39 is 5.60 Å². The number of carbonyl (C=O) groups excluding carboxylic acids is 1. The Labute approximate surface area is 127 Å². The lowest BCUT2D eigenvalue weighted by Crippen LogP contribution is -2.50. The summed E-state index contributed by atoms with van der Waals surface area (Å²) in [6.07, 6.45) is 3.39. The van der Waals surface area contributed by atoms with Crippen molar-refractivity contribution >= 4 is 6.09 Å². The summed E-state index contributed by atoms with van der Waals surface area (Å²) in [5.41, 5.74) is -0.412. The van der Waals surface area contributed by atoms with E-state index in [1.165, 1.54) is 0 Å². The summed E-state index contributed by atoms with van der Waals surface area (Å²) >= 11 is 0. The highest BCUT2D eigenvalue weighted by molar-refractivity contribution is 5.68. The molecule has 21 heavy (non-hydrogen) atoms. The second-order valence-corrected chi connectivity index (χ2v) is 7.63. The Bertz CT molecular complexity index is 372. The minimum atomic E-state index is -0.465. The van der Waals surface area contributed by atoms with E-state index in [1.807, 2.05) is 20.8 Å². The normalized spacial score (nSPS) is 25.6. The number of hydrogen-bond acceptors (Lipinski definition) is 4. The average molecular weight is 299 g/mol. The van der Waals surface area contributed by atoms with Crippen molar-refractivity contribution in [2.45, 2.75) is 77.7 Å². The number of amides is 1. The van der Waals surface area contributed by atoms with E-state index in [2.05, 4.69) is 19.2 Å². The highest BCUT2D eigenvalue weighted by Gasteiger charge is 2.46. The highest BCUT2D eigenvalue weighted by Crippen LogP contribution is 2.46. The van der Waals surface area contributed by atoms with Crippen LogP contribution in [0.15, 0.2) is 0 Å². The fraction of sp³-hybridized carbons (Fsp3) is 0.938. The molecule has 122 valence electrons. The molecule has 1 unspecified atom stereocenters. The van der Waals surface area contributed by atoms with E-state index in [-0.39, 0.29) is 23.3 Å². The number of hydrogen-bond donors (Lipinski definition) is 1. The molecule has 2 fully saturated rings. The van der Waals surface area contributed by atoms with Crippen LogP contribution in [-0.4, -0.2) is 36.7 Å². The van der Waals surface area contributed by atoms with Crippen LogP contribution < -0.4 is 5.32 Å². The predicted octanol–water partition coefficient (Wildman–Crippen LogP) is 3.22. The van der Waals surface area contributed by atoms with Gasteiger partial charge < -0.3 is 19.5 Å². The minimum Gasteiger partial charge on any atom is -0.444 e. The van der Waals surface area contributed by atoms with Crippen LogP contribution in [0.1, 0.15) is 60.3 Å². The maximum absolute atomic E-state index is 11.9. The van der Waals surface area contributed by atoms with Gasteiger partial charge in [-0.2, -0.15) is 0 Å². The predicted molar refractivity (Wildman–Crippen MR) is 80.0 cm³/mol. The van der Waals surface area contributed by atoms with Gasteiger partial charge in [-0.15, -0.1) is 0 Å². The Morgan fingerprint density at radius 2 is 1.67 bits per heavy atom. The topological polar surface area (TPSA) is 56.8 Å². The Kier molecular flexibility index (Phi) is 4.54. The van der Waals surface area contributed by atoms with Crippen LogP contribution in [0.25, 0.3) is 0 Å². The summed E-state index contributed by atoms with van der Waals surface area (Å²) in [6.45, 7) is 11.3. The maximum atomic E-state index is 11.9. The van der Waals surface area contributed by atoms with Crippen LogP contribution >= 0.6 is 0 Å². The van der Waals surface area contributed by atoms with Gasteiger partial charge in [0.2, 0.25) is 0 Å². The van der Waals surface area contributed by atoms with Crippen molar-refractivity contribution in [2.24, 2.45) is 5.41 Å². The third kappa shape index (κ3) is 4.10. The lowest BCUT2D eigenvalue weighted by atomic mass is 9.69. The minimum absolute atomic E-state index is 0.0530. The van der Waals surface area contributed by atoms with E-state index >= 15 is 0 Å². The molecule has 1 amide bonds. The summed E-state index contributed by atoms with van der Waals surface area (Å²) < 4.78 is 16.9. The molecule has 2 aliphatic rings. The SMILES string of the molecule is CC(NC(=O)OC(C)(C)C)C1(C)CCC2(CC1)OCCO2. The summed E-state index contributed by atoms with van der Waals surface area (Å²) in [4.78, 5) is 11.9. The van der Waals surface area contributed by atoms with Gasteiger partial charge in [-0.25, -0.2) is 4.79 Å². The molecular formula is C16H29NO4. The van der Waals surface area contributed by atoms with Gasteiger partial charge in [0.25, 0.3) is 0 Å². The fourth-order valence-corrected chi connectivity index (χ4v) is 3.08. The first kappa shape index (κ1) is 16.6. The van der Waals surface area contributed by atoms with Gasteiger partial charge >= 0.3 is 6.09 Å². The molecule has 1 aliphatic carbocycles. The van der Waals surface area contributed by atoms with Gasteiger partial charge in [-0.05, 0) is 46.0 Å². The molecule has 1 saturated heterocycles. The summed E-state index contributed by atoms with van der Waals surface area (Å²) in [7, 11) is 0. The second-order valence-electron chi connectivity index (χ2n) is 7.63. The zero-order valence-corrected chi connectivity index (χ0v) is 14.0. The Morgan fingerprint density at radius 1 is 1.14 bits per heavy atom. The smallest absolute Gasteiger partial charge is 0.407 e. The van der Waals surface area contributed by atoms with Crippen LogP contribution in [0, 0.1) is 5.41 Å². The highest BCUT2D eigenvalue weighted by atomic mass is 16.7. The lowest BCUT2D eigenvalue weighted by molar-refractivity contribution is -0.192. The third-order valence-corrected chi connectivity index (χ3v) is 4.75. The number of carbonyl (C=O) groups is 1. The molecule has 0 aromatic rings. The molecule has 5 heteroatoms. The zero-order valence-electron chi connectivity index (χ0n) is 14.0. The van der Waals surface area contributed by atoms with Crippen LogP contribution in [-0.2, 0) is 14.2 Å². The van der Waals surface area contributed by atoms with Crippen LogP contribution in [0.5, 0.6) is 0 Å². The fourth-order valence-electron chi connectivity index (χ4n) is 3.08. The van der Waals surface area contributed by atoms with Crippen LogP contribution in [0.4, 0.5) is 4.79 Å². The number of nitrogens with one attached hydrogen (secondary N) is 1. The van der Waals surface area contributed by atoms with Gasteiger partial charge in [0.05, 0.1) is 13.2 Å². The second kappa shape index (κ2) is 5.76. The molecule has 0 aromatic heterocycles. The molecule has 1 heterocycles. The summed E-state index contributed by atoms with van der Waals surface area (Å²) in [5, 5.41) is 2.98. The molecular weight excluding hydrogens is 270 g/mol. The van der Waals surface area contributed by atoms with E-state index in [0.717, 1.165) is 25.7 Å². The number of ether oxygens (including phenoxy) is 3. The first-order chi connectivity index (χ1) is 9.64. The average Bonchev–Trinajstić information content (AvgIpc) is 2.80. The molecule has 1 saturated carbocycles. The molecule has 0 aromatic carbocycles. The molecule has 0 bridgehead atoms. The standard InChI is InChI=1S/C16H29NO4/c1-12(17-13(18)21-14(2,3)4)15(5)6-8-16(9-7-15)19-10-11-20-16/h12H,6-11H2,1-5H3,(H,17,18). The molecule has 1 N–H and O–H groups in total. The first-order valence-electron chi connectivity index (χ1n) is 7.92. The zero-order chi connectivity index (χ0) is 15.7. The van der Waals surface area contributed by atoms with E-state index in [0.29, 0.717) is 13.2 Å². The van der Waals surface area contributed by atoms with E-state index in [4.69, 9.17) is 14.2 Å². The molecule has 1 atom stereocenters. The number of rotatable bonds is 2. The Morgan fingerprint density at radius 3 is 2.14 bits per heavy atom. The van der Waals surface area contributed by atoms with Crippen molar-refractivity contribution in [1.29, 1.82) is 0 Å². The molecule has 1 aliphatic heterocycles. The van der Waals surface area contributed by atoms with Gasteiger partial charge in [0.15, 0.2) is 5.79 Å². The number of alkyl carbamates (subject to hydrolysis) is 1. The van der Waals surface area contributed by atoms with Crippen LogP contribution in [0.3, 0.4) is 0 Å². The van der Waals surface area contributed by atoms with Crippen molar-refractivity contribution in [1.82, 2.24) is 5.32 Å². The van der Waals surface area contributed by atoms with E-state index in [9.17, 15) is 4.79 Å². The van der Waals surface area contributed by atoms with Crippen molar-refractivity contribution < 1.29 is 19.0 Å². The Hall–Kier alpha value is -0.810. The molecule has 1 spiro atoms. The lowest BCUT2D eigenvalue weighted by Gasteiger charge is -2.45. The van der Waals surface area contributed by atoms with Crippen molar-refractivity contribution in [3.8, 4) is 0 Å². The van der Waals surface area contributed by atoms with Crippen molar-refractivity contribution in [3.05, 3.63) is 0 Å². The third-order valence-electron chi connectivity index (χ3n) is 4.75. The largest absolute Gasteiger partial charge is 0.444 e. The van der Waals surface area contributed by atoms with Crippen LogP contribution in [0.2, 0.25) is 0 Å². The van der Waals surface area contributed by atoms with Gasteiger partial charge in [0.1, 0.15) is 5.60 Å². The summed E-state index contributed by atoms with van der Waals surface area (Å²) in [5.74, 6) is -0.356. The first-order valence-corrected chi connectivity index (χ1v) is 7.92. The Balaban J connectivity index is 1.87. The van der Waals surface area contributed by atoms with Crippen molar-refractivity contribution in [3.63, 3.8) is 0 Å². The molecule has 0 radical (unpaired) electrons. The van der Waals surface area contributed by atoms with Gasteiger partial charge in [-0.1, -0.05) is 6.92 Å². The van der Waals surface area contributed by atoms with Crippen molar-refractivity contribution in [2.75, 3.05) is 13.2 Å². The summed E-state index contributed by atoms with van der Waals surface area (Å²) in [6, 6.07) is 0.0612. The quantitative estimate of drug-likeness (QED) is 0.850. The molecule has 2 rings (SSSR count). The van der Waals surface area contributed by atoms with Gasteiger partial charge in [-0.3, -0.25) is 0 Å².